The Hall–Kier alpha value is -1.92. The molecule has 0 aromatic rings. The van der Waals surface area contributed by atoms with Crippen molar-refractivity contribution in [2.24, 2.45) is 5.73 Å². The van der Waals surface area contributed by atoms with Gasteiger partial charge in [-0.25, -0.2) is 9.69 Å². The number of hydrogen-bond donors (Lipinski definition) is 1. The van der Waals surface area contributed by atoms with Gasteiger partial charge >= 0.3 is 17.8 Å². The third-order valence-corrected chi connectivity index (χ3v) is 2.18. The third kappa shape index (κ3) is 2.18. The monoisotopic (exact) mass is 227 g/mol. The first-order valence-corrected chi connectivity index (χ1v) is 4.94. The van der Waals surface area contributed by atoms with E-state index in [2.05, 4.69) is 0 Å². The van der Waals surface area contributed by atoms with Gasteiger partial charge in [-0.05, 0) is 6.42 Å². The number of amides is 5. The highest BCUT2D eigenvalue weighted by molar-refractivity contribution is 6.45. The maximum absolute atomic E-state index is 11.6. The lowest BCUT2D eigenvalue weighted by atomic mass is 10.3. The summed E-state index contributed by atoms with van der Waals surface area (Å²) in [6.07, 6.45) is 1.41. The molecule has 1 saturated heterocycles. The number of rotatable bonds is 5. The summed E-state index contributed by atoms with van der Waals surface area (Å²) in [5, 5.41) is 0. The van der Waals surface area contributed by atoms with E-state index in [0.29, 0.717) is 11.3 Å². The summed E-state index contributed by atoms with van der Waals surface area (Å²) < 4.78 is 0. The van der Waals surface area contributed by atoms with E-state index in [1.54, 1.807) is 0 Å². The summed E-state index contributed by atoms with van der Waals surface area (Å²) in [6.45, 7) is 1.54. The molecule has 88 valence electrons. The van der Waals surface area contributed by atoms with E-state index in [0.717, 1.165) is 11.3 Å². The number of hydrogen-bond acceptors (Lipinski definition) is 4. The Morgan fingerprint density at radius 1 is 1.19 bits per heavy atom. The van der Waals surface area contributed by atoms with Crippen LogP contribution in [0, 0.1) is 0 Å². The fraction of sp³-hybridized carbons (Fsp3) is 0.556. The second-order valence-electron chi connectivity index (χ2n) is 3.45. The first-order valence-electron chi connectivity index (χ1n) is 4.94. The van der Waals surface area contributed by atoms with Gasteiger partial charge in [0.25, 0.3) is 0 Å². The number of nitrogens with zero attached hydrogens (tertiary/aromatic N) is 2. The van der Waals surface area contributed by atoms with Gasteiger partial charge in [-0.2, -0.15) is 0 Å². The molecular weight excluding hydrogens is 214 g/mol. The zero-order valence-electron chi connectivity index (χ0n) is 8.93. The average molecular weight is 227 g/mol. The number of urea groups is 1. The molecule has 0 aromatic heterocycles. The lowest BCUT2D eigenvalue weighted by Gasteiger charge is -2.13. The van der Waals surface area contributed by atoms with Crippen LogP contribution in [0.25, 0.3) is 0 Å². The van der Waals surface area contributed by atoms with Crippen molar-refractivity contribution >= 4 is 23.8 Å². The Kier molecular flexibility index (Phi) is 3.60. The van der Waals surface area contributed by atoms with Crippen LogP contribution in [-0.2, 0) is 14.4 Å². The van der Waals surface area contributed by atoms with Gasteiger partial charge in [-0.3, -0.25) is 19.3 Å². The number of unbranched alkanes of at least 4 members (excludes halogenated alkanes) is 1. The van der Waals surface area contributed by atoms with E-state index in [1.165, 1.54) is 0 Å². The maximum Gasteiger partial charge on any atom is 0.334 e. The van der Waals surface area contributed by atoms with Crippen molar-refractivity contribution in [2.45, 2.75) is 19.8 Å². The average Bonchev–Trinajstić information content (AvgIpc) is 2.41. The molecule has 0 bridgehead atoms. The van der Waals surface area contributed by atoms with Crippen molar-refractivity contribution in [3.05, 3.63) is 0 Å². The fourth-order valence-corrected chi connectivity index (χ4v) is 1.36. The van der Waals surface area contributed by atoms with Gasteiger partial charge in [0.1, 0.15) is 6.54 Å². The molecule has 0 unspecified atom stereocenters. The molecule has 5 amide bonds. The molecule has 7 nitrogen and oxygen atoms in total. The predicted octanol–water partition coefficient (Wildman–Crippen LogP) is -0.937. The zero-order chi connectivity index (χ0) is 12.3. The molecular formula is C9H13N3O4. The first-order chi connectivity index (χ1) is 7.49. The van der Waals surface area contributed by atoms with Crippen molar-refractivity contribution < 1.29 is 19.2 Å². The summed E-state index contributed by atoms with van der Waals surface area (Å²) in [7, 11) is 0. The number of carbonyl (C=O) groups is 4. The topological polar surface area (TPSA) is 101 Å². The summed E-state index contributed by atoms with van der Waals surface area (Å²) in [5.74, 6) is -2.70. The van der Waals surface area contributed by atoms with Crippen molar-refractivity contribution in [3.63, 3.8) is 0 Å². The van der Waals surface area contributed by atoms with Gasteiger partial charge < -0.3 is 5.73 Å². The molecule has 7 heteroatoms. The van der Waals surface area contributed by atoms with Gasteiger partial charge in [0.15, 0.2) is 0 Å². The summed E-state index contributed by atoms with van der Waals surface area (Å²) >= 11 is 0. The van der Waals surface area contributed by atoms with Crippen LogP contribution in [0.3, 0.4) is 0 Å². The Balaban J connectivity index is 2.77. The second kappa shape index (κ2) is 4.73. The second-order valence-corrected chi connectivity index (χ2v) is 3.45. The van der Waals surface area contributed by atoms with E-state index in [9.17, 15) is 19.2 Å². The number of imide groups is 2. The quantitative estimate of drug-likeness (QED) is 0.484. The highest BCUT2D eigenvalue weighted by atomic mass is 16.2. The summed E-state index contributed by atoms with van der Waals surface area (Å²) in [4.78, 5) is 46.3. The summed E-state index contributed by atoms with van der Waals surface area (Å²) in [5.41, 5.74) is 4.87. The molecule has 1 aliphatic rings. The smallest absolute Gasteiger partial charge is 0.334 e. The fourth-order valence-electron chi connectivity index (χ4n) is 1.36. The van der Waals surface area contributed by atoms with Crippen LogP contribution in [0.2, 0.25) is 0 Å². The molecule has 16 heavy (non-hydrogen) atoms. The predicted molar refractivity (Wildman–Crippen MR) is 52.9 cm³/mol. The van der Waals surface area contributed by atoms with Gasteiger partial charge in [0.05, 0.1) is 0 Å². The number of carbonyl (C=O) groups excluding carboxylic acids is 4. The third-order valence-electron chi connectivity index (χ3n) is 2.18. The van der Waals surface area contributed by atoms with E-state index in [4.69, 9.17) is 5.73 Å². The van der Waals surface area contributed by atoms with Crippen LogP contribution in [-0.4, -0.2) is 46.6 Å². The molecule has 2 N–H and O–H groups in total. The lowest BCUT2D eigenvalue weighted by molar-refractivity contribution is -0.143. The van der Waals surface area contributed by atoms with Crippen LogP contribution in [0.15, 0.2) is 0 Å². The van der Waals surface area contributed by atoms with Gasteiger partial charge in [-0.15, -0.1) is 0 Å². The van der Waals surface area contributed by atoms with Crippen molar-refractivity contribution in [1.82, 2.24) is 9.80 Å². The van der Waals surface area contributed by atoms with Crippen molar-refractivity contribution in [3.8, 4) is 0 Å². The zero-order valence-corrected chi connectivity index (χ0v) is 8.93. The van der Waals surface area contributed by atoms with E-state index in [1.807, 2.05) is 6.92 Å². The minimum absolute atomic E-state index is 0.190. The van der Waals surface area contributed by atoms with E-state index >= 15 is 0 Å². The first kappa shape index (κ1) is 12.2. The Labute approximate surface area is 92.2 Å². The largest absolute Gasteiger partial charge is 0.368 e. The molecule has 1 fully saturated rings. The molecule has 0 aromatic carbocycles. The van der Waals surface area contributed by atoms with Gasteiger partial charge in [0, 0.05) is 6.54 Å². The maximum atomic E-state index is 11.6. The minimum Gasteiger partial charge on any atom is -0.368 e. The molecule has 1 heterocycles. The Bertz CT molecular complexity index is 353. The minimum atomic E-state index is -0.986. The highest BCUT2D eigenvalue weighted by Gasteiger charge is 2.44. The van der Waals surface area contributed by atoms with Crippen LogP contribution in [0.5, 0.6) is 0 Å². The van der Waals surface area contributed by atoms with E-state index < -0.39 is 30.3 Å². The Morgan fingerprint density at radius 3 is 2.25 bits per heavy atom. The number of nitrogens with two attached hydrogens (primary N) is 1. The van der Waals surface area contributed by atoms with E-state index in [-0.39, 0.29) is 6.54 Å². The summed E-state index contributed by atoms with van der Waals surface area (Å²) in [6, 6.07) is -0.762. The van der Waals surface area contributed by atoms with Crippen molar-refractivity contribution in [2.75, 3.05) is 13.1 Å². The molecule has 0 saturated carbocycles. The van der Waals surface area contributed by atoms with Gasteiger partial charge in [-0.1, -0.05) is 13.3 Å². The standard InChI is InChI=1S/C9H13N3O4/c1-2-3-4-11-7(14)8(15)12(9(11)16)5-6(10)13/h2-5H2,1H3,(H2,10,13). The molecule has 1 aliphatic heterocycles. The van der Waals surface area contributed by atoms with Crippen molar-refractivity contribution in [1.29, 1.82) is 0 Å². The Morgan fingerprint density at radius 2 is 1.75 bits per heavy atom. The molecule has 1 rings (SSSR count). The van der Waals surface area contributed by atoms with Crippen LogP contribution < -0.4 is 5.73 Å². The van der Waals surface area contributed by atoms with Crippen LogP contribution in [0.1, 0.15) is 19.8 Å². The molecule has 0 atom stereocenters. The lowest BCUT2D eigenvalue weighted by Crippen LogP contribution is -2.39. The normalized spacial score (nSPS) is 16.2. The van der Waals surface area contributed by atoms with Crippen LogP contribution in [0.4, 0.5) is 4.79 Å². The van der Waals surface area contributed by atoms with Crippen LogP contribution >= 0.6 is 0 Å². The molecule has 0 aliphatic carbocycles. The SMILES string of the molecule is CCCCN1C(=O)C(=O)N(CC(N)=O)C1=O. The molecule has 0 radical (unpaired) electrons. The molecule has 0 spiro atoms. The number of primary amides is 1. The van der Waals surface area contributed by atoms with Gasteiger partial charge in [0.2, 0.25) is 5.91 Å². The highest BCUT2D eigenvalue weighted by Crippen LogP contribution is 2.12.